The first-order chi connectivity index (χ1) is 26.5. The smallest absolute Gasteiger partial charge is 0.156 e. The molecule has 0 aliphatic heterocycles. The number of phenolic OH excluding ortho intramolecular Hbond substituents is 1. The van der Waals surface area contributed by atoms with Gasteiger partial charge in [0.05, 0.1) is 45.8 Å². The summed E-state index contributed by atoms with van der Waals surface area (Å²) < 4.78 is 144. The first kappa shape index (κ1) is 50.5. The number of aldehydes is 1. The van der Waals surface area contributed by atoms with Gasteiger partial charge in [-0.05, 0) is 0 Å². The Morgan fingerprint density at radius 3 is 1.28 bits per heavy atom. The summed E-state index contributed by atoms with van der Waals surface area (Å²) in [5.74, 6) is -7.57. The normalized spacial score (nSPS) is 9.74. The molecule has 0 spiro atoms. The van der Waals surface area contributed by atoms with Gasteiger partial charge in [0.25, 0.3) is 0 Å². The van der Waals surface area contributed by atoms with Crippen LogP contribution in [0, 0.1) is 58.2 Å². The van der Waals surface area contributed by atoms with E-state index in [9.17, 15) is 48.7 Å². The zero-order valence-corrected chi connectivity index (χ0v) is 29.5. The lowest BCUT2D eigenvalue weighted by Gasteiger charge is -2.06. The highest BCUT2D eigenvalue weighted by molar-refractivity contribution is 5.83. The molecule has 0 saturated carbocycles. The van der Waals surface area contributed by atoms with Gasteiger partial charge in [0, 0.05) is 84.9 Å². The molecule has 0 atom stereocenters. The van der Waals surface area contributed by atoms with Crippen LogP contribution in [0.4, 0.5) is 43.9 Å². The molecule has 5 aromatic carbocycles. The fourth-order valence-electron chi connectivity index (χ4n) is 3.90. The van der Waals surface area contributed by atoms with E-state index in [0.717, 1.165) is 60.8 Å². The van der Waals surface area contributed by atoms with Gasteiger partial charge in [0.2, 0.25) is 0 Å². The molecule has 5 aromatic rings. The molecule has 5 rings (SSSR count). The van der Waals surface area contributed by atoms with Crippen molar-refractivity contribution in [1.82, 2.24) is 0 Å². The molecule has 0 amide bonds. The topological polar surface area (TPSA) is 133 Å². The van der Waals surface area contributed by atoms with Crippen molar-refractivity contribution in [3.05, 3.63) is 148 Å². The van der Waals surface area contributed by atoms with Crippen molar-refractivity contribution in [3.63, 3.8) is 0 Å². The number of aromatic hydroxyl groups is 1. The molecule has 0 bridgehead atoms. The van der Waals surface area contributed by atoms with Crippen LogP contribution in [0.3, 0.4) is 0 Å². The minimum Gasteiger partial charge on any atom is -0.508 e. The molecule has 9 nitrogen and oxygen atoms in total. The van der Waals surface area contributed by atoms with Crippen molar-refractivity contribution in [3.8, 4) is 28.7 Å². The summed E-state index contributed by atoms with van der Waals surface area (Å²) in [5.41, 5.74) is 5.07. The van der Waals surface area contributed by atoms with Gasteiger partial charge in [-0.15, -0.1) is 0 Å². The number of carbonyl (C=O) groups excluding carboxylic acids is 1. The van der Waals surface area contributed by atoms with E-state index in [0.29, 0.717) is 18.2 Å². The van der Waals surface area contributed by atoms with Gasteiger partial charge < -0.3 is 35.0 Å². The molecular formula is C38H36F10N2O7. The summed E-state index contributed by atoms with van der Waals surface area (Å²) in [6, 6.07) is 10.5. The van der Waals surface area contributed by atoms with Gasteiger partial charge in [0.1, 0.15) is 86.9 Å². The third-order valence-corrected chi connectivity index (χ3v) is 6.32. The molecule has 310 valence electrons. The first-order valence-electron chi connectivity index (χ1n) is 15.0. The minimum atomic E-state index is -0.915. The van der Waals surface area contributed by atoms with Crippen LogP contribution in [0.1, 0.15) is 28.9 Å². The zero-order chi connectivity index (χ0) is 42.5. The number of oxime groups is 1. The highest BCUT2D eigenvalue weighted by Gasteiger charge is 2.12. The molecule has 0 unspecified atom stereocenters. The molecule has 0 aliphatic rings. The Bertz CT molecular complexity index is 2000. The molecule has 0 fully saturated rings. The van der Waals surface area contributed by atoms with Crippen molar-refractivity contribution >= 4 is 12.5 Å². The monoisotopic (exact) mass is 822 g/mol. The predicted octanol–water partition coefficient (Wildman–Crippen LogP) is 9.28. The van der Waals surface area contributed by atoms with Gasteiger partial charge in [-0.2, -0.15) is 0 Å². The maximum Gasteiger partial charge on any atom is 0.156 e. The van der Waals surface area contributed by atoms with E-state index in [2.05, 4.69) is 19.4 Å². The van der Waals surface area contributed by atoms with E-state index in [1.807, 2.05) is 0 Å². The number of hydrogen-bond acceptors (Lipinski definition) is 9. The second kappa shape index (κ2) is 25.6. The second-order valence-electron chi connectivity index (χ2n) is 10.1. The lowest BCUT2D eigenvalue weighted by Crippen LogP contribution is -2.03. The summed E-state index contributed by atoms with van der Waals surface area (Å²) in [6.45, 7) is -0.00468. The van der Waals surface area contributed by atoms with Gasteiger partial charge in [-0.3, -0.25) is 4.79 Å². The van der Waals surface area contributed by atoms with E-state index in [1.54, 1.807) is 0 Å². The number of nitrogens with zero attached hydrogens (tertiary/aromatic N) is 1. The highest BCUT2D eigenvalue weighted by atomic mass is 19.2. The van der Waals surface area contributed by atoms with E-state index in [1.165, 1.54) is 28.4 Å². The standard InChI is InChI=1S/C8H7F2NO2.C8H9F2NO.C8H6F2O2.C7H6F2O.C6H4F2O.CH4/c1-13-8-3-5(9)2-7(10)6(8)4-11-12;2*1-12-8-3-5(9)2-7(10)6(8)4-11;1-10-7-3-5(8)2-6(9)4-7;7-4-1-5(8)3-6(9)2-4;/h2-4,12H,1H3;2-3H,4,11H2,1H3;2-4H,1H3;2-4H,1H3;1-3,9H;1H4/b11-4+;;;;;. The van der Waals surface area contributed by atoms with Crippen LogP contribution in [0.25, 0.3) is 0 Å². The summed E-state index contributed by atoms with van der Waals surface area (Å²) >= 11 is 0. The van der Waals surface area contributed by atoms with Gasteiger partial charge in [0.15, 0.2) is 6.29 Å². The number of rotatable bonds is 7. The van der Waals surface area contributed by atoms with Crippen LogP contribution in [0.2, 0.25) is 0 Å². The summed E-state index contributed by atoms with van der Waals surface area (Å²) in [5, 5.41) is 19.3. The van der Waals surface area contributed by atoms with Crippen molar-refractivity contribution in [2.24, 2.45) is 10.9 Å². The largest absolute Gasteiger partial charge is 0.508 e. The van der Waals surface area contributed by atoms with Gasteiger partial charge in [-0.1, -0.05) is 12.6 Å². The third-order valence-electron chi connectivity index (χ3n) is 6.32. The van der Waals surface area contributed by atoms with Crippen molar-refractivity contribution < 1.29 is 78.0 Å². The third kappa shape index (κ3) is 17.2. The van der Waals surface area contributed by atoms with Crippen LogP contribution in [0.15, 0.2) is 78.0 Å². The zero-order valence-electron chi connectivity index (χ0n) is 29.5. The Kier molecular flexibility index (Phi) is 22.6. The summed E-state index contributed by atoms with van der Waals surface area (Å²) in [4.78, 5) is 10.3. The molecule has 0 aliphatic carbocycles. The number of ether oxygens (including phenoxy) is 4. The fourth-order valence-corrected chi connectivity index (χ4v) is 3.90. The number of carbonyl (C=O) groups is 1. The number of halogens is 10. The molecule has 0 radical (unpaired) electrons. The lowest BCUT2D eigenvalue weighted by molar-refractivity contribution is 0.111. The number of benzene rings is 5. The highest BCUT2D eigenvalue weighted by Crippen LogP contribution is 2.23. The van der Waals surface area contributed by atoms with E-state index < -0.39 is 63.9 Å². The molecule has 0 aromatic heterocycles. The second-order valence-corrected chi connectivity index (χ2v) is 10.1. The average Bonchev–Trinajstić information content (AvgIpc) is 3.12. The van der Waals surface area contributed by atoms with E-state index in [4.69, 9.17) is 20.8 Å². The number of methoxy groups -OCH3 is 4. The van der Waals surface area contributed by atoms with Crippen molar-refractivity contribution in [1.29, 1.82) is 0 Å². The predicted molar refractivity (Wildman–Crippen MR) is 189 cm³/mol. The van der Waals surface area contributed by atoms with Gasteiger partial charge >= 0.3 is 0 Å². The van der Waals surface area contributed by atoms with Crippen LogP contribution < -0.4 is 24.7 Å². The van der Waals surface area contributed by atoms with E-state index >= 15 is 0 Å². The number of hydrogen-bond donors (Lipinski definition) is 3. The fraction of sp³-hybridized carbons (Fsp3) is 0.158. The molecule has 19 heteroatoms. The summed E-state index contributed by atoms with van der Waals surface area (Å²) in [6.07, 6.45) is 1.13. The van der Waals surface area contributed by atoms with Crippen molar-refractivity contribution in [2.45, 2.75) is 14.0 Å². The lowest BCUT2D eigenvalue weighted by atomic mass is 10.2. The maximum absolute atomic E-state index is 13.0. The van der Waals surface area contributed by atoms with Crippen molar-refractivity contribution in [2.75, 3.05) is 28.4 Å². The molecule has 57 heavy (non-hydrogen) atoms. The Morgan fingerprint density at radius 2 is 0.912 bits per heavy atom. The van der Waals surface area contributed by atoms with Crippen LogP contribution in [-0.4, -0.2) is 51.3 Å². The first-order valence-corrected chi connectivity index (χ1v) is 15.0. The Morgan fingerprint density at radius 1 is 0.544 bits per heavy atom. The quantitative estimate of drug-likeness (QED) is 0.0487. The Balaban J connectivity index is 0.000000688. The van der Waals surface area contributed by atoms with Gasteiger partial charge in [-0.25, -0.2) is 43.9 Å². The molecule has 4 N–H and O–H groups in total. The van der Waals surface area contributed by atoms with Crippen LogP contribution >= 0.6 is 0 Å². The molecular weight excluding hydrogens is 786 g/mol. The summed E-state index contributed by atoms with van der Waals surface area (Å²) in [7, 11) is 5.20. The van der Waals surface area contributed by atoms with Crippen LogP contribution in [-0.2, 0) is 6.54 Å². The Hall–Kier alpha value is -6.50. The maximum atomic E-state index is 13.0. The molecule has 0 heterocycles. The number of nitrogens with two attached hydrogens (primary N) is 1. The SMILES string of the molecule is C.COc1cc(F)cc(F)c1.COc1cc(F)cc(F)c1/C=N/O.COc1cc(F)cc(F)c1C=O.COc1cc(F)cc(F)c1CN.Oc1cc(F)cc(F)c1. The average molecular weight is 823 g/mol. The van der Waals surface area contributed by atoms with E-state index in [-0.39, 0.29) is 59.9 Å². The van der Waals surface area contributed by atoms with Crippen LogP contribution in [0.5, 0.6) is 28.7 Å². The Labute approximate surface area is 320 Å². The molecule has 0 saturated heterocycles. The number of phenols is 1. The minimum absolute atomic E-state index is 0.